The molecule has 138 valence electrons. The van der Waals surface area contributed by atoms with Gasteiger partial charge < -0.3 is 10.6 Å². The van der Waals surface area contributed by atoms with Crippen molar-refractivity contribution in [3.63, 3.8) is 0 Å². The highest BCUT2D eigenvalue weighted by molar-refractivity contribution is 8.03. The molecule has 26 heavy (non-hydrogen) atoms. The molecule has 2 aromatic rings. The monoisotopic (exact) mass is 369 g/mol. The van der Waals surface area contributed by atoms with Crippen molar-refractivity contribution >= 4 is 34.3 Å². The number of hydrogen-bond acceptors (Lipinski definition) is 4. The number of rotatable bonds is 11. The van der Waals surface area contributed by atoms with Crippen LogP contribution in [0.2, 0.25) is 0 Å². The number of thioether (sulfide) groups is 1. The zero-order chi connectivity index (χ0) is 18.8. The van der Waals surface area contributed by atoms with Crippen LogP contribution < -0.4 is 10.6 Å². The van der Waals surface area contributed by atoms with Crippen molar-refractivity contribution in [1.29, 1.82) is 0 Å². The Balaban J connectivity index is 1.63. The van der Waals surface area contributed by atoms with Crippen molar-refractivity contribution in [3.8, 4) is 0 Å². The Kier molecular flexibility index (Phi) is 8.22. The van der Waals surface area contributed by atoms with E-state index in [2.05, 4.69) is 34.8 Å². The van der Waals surface area contributed by atoms with Gasteiger partial charge in [0.15, 0.2) is 0 Å². The van der Waals surface area contributed by atoms with Crippen LogP contribution in [0.15, 0.2) is 60.3 Å². The maximum atomic E-state index is 11.6. The number of hydrogen-bond donors (Lipinski definition) is 2. The van der Waals surface area contributed by atoms with Crippen LogP contribution in [0.5, 0.6) is 0 Å². The second-order valence-corrected chi connectivity index (χ2v) is 7.53. The van der Waals surface area contributed by atoms with Crippen LogP contribution in [0.4, 0.5) is 5.69 Å². The van der Waals surface area contributed by atoms with Crippen molar-refractivity contribution < 1.29 is 4.79 Å². The summed E-state index contributed by atoms with van der Waals surface area (Å²) in [6.45, 7) is 10.5. The van der Waals surface area contributed by atoms with Crippen LogP contribution in [-0.2, 0) is 4.79 Å². The third-order valence-electron chi connectivity index (χ3n) is 3.88. The molecule has 2 rings (SSSR count). The number of carbonyl (C=O) groups excluding carboxylic acids is 1. The van der Waals surface area contributed by atoms with Crippen LogP contribution in [0.1, 0.15) is 32.6 Å². The molecule has 5 heteroatoms. The molecule has 0 atom stereocenters. The Morgan fingerprint density at radius 2 is 2.00 bits per heavy atom. The third kappa shape index (κ3) is 6.92. The quantitative estimate of drug-likeness (QED) is 0.541. The SMILES string of the molecule is C=C(CCCCCNC(=O)CSC(=C)C)Nc1cccc2ncccc12. The molecule has 1 aromatic heterocycles. The van der Waals surface area contributed by atoms with Crippen LogP contribution in [0.3, 0.4) is 0 Å². The van der Waals surface area contributed by atoms with E-state index >= 15 is 0 Å². The van der Waals surface area contributed by atoms with E-state index in [4.69, 9.17) is 0 Å². The number of pyridine rings is 1. The first kappa shape index (κ1) is 20.0. The minimum Gasteiger partial charge on any atom is -0.359 e. The topological polar surface area (TPSA) is 54.0 Å². The zero-order valence-electron chi connectivity index (χ0n) is 15.4. The molecule has 0 aliphatic carbocycles. The van der Waals surface area contributed by atoms with Gasteiger partial charge in [-0.05, 0) is 55.4 Å². The molecule has 0 saturated carbocycles. The molecule has 2 N–H and O–H groups in total. The van der Waals surface area contributed by atoms with E-state index in [-0.39, 0.29) is 5.91 Å². The lowest BCUT2D eigenvalue weighted by molar-refractivity contribution is -0.118. The van der Waals surface area contributed by atoms with Gasteiger partial charge in [-0.1, -0.05) is 25.6 Å². The summed E-state index contributed by atoms with van der Waals surface area (Å²) in [5.74, 6) is 0.532. The maximum absolute atomic E-state index is 11.6. The molecule has 0 unspecified atom stereocenters. The lowest BCUT2D eigenvalue weighted by Gasteiger charge is -2.12. The van der Waals surface area contributed by atoms with Crippen LogP contribution in [0.25, 0.3) is 10.9 Å². The number of nitrogens with one attached hydrogen (secondary N) is 2. The number of unbranched alkanes of at least 4 members (excludes halogenated alkanes) is 2. The number of nitrogens with zero attached hydrogens (tertiary/aromatic N) is 1. The van der Waals surface area contributed by atoms with Gasteiger partial charge >= 0.3 is 0 Å². The molecule has 0 fully saturated rings. The first-order chi connectivity index (χ1) is 12.6. The first-order valence-electron chi connectivity index (χ1n) is 8.90. The molecule has 0 aliphatic rings. The average Bonchev–Trinajstić information content (AvgIpc) is 2.63. The first-order valence-corrected chi connectivity index (χ1v) is 9.88. The summed E-state index contributed by atoms with van der Waals surface area (Å²) in [5, 5.41) is 7.45. The van der Waals surface area contributed by atoms with Gasteiger partial charge in [0.05, 0.1) is 11.3 Å². The van der Waals surface area contributed by atoms with E-state index in [0.717, 1.165) is 59.4 Å². The molecule has 1 amide bonds. The smallest absolute Gasteiger partial charge is 0.230 e. The number of allylic oxidation sites excluding steroid dienone is 2. The molecule has 0 radical (unpaired) electrons. The maximum Gasteiger partial charge on any atom is 0.230 e. The Bertz CT molecular complexity index is 767. The number of amides is 1. The standard InChI is InChI=1S/C21H27N3OS/c1-16(2)26-15-21(25)23-13-6-4-5-9-17(3)24-20-12-7-11-19-18(20)10-8-14-22-19/h7-8,10-12,14,24H,1,3-6,9,13,15H2,2H3,(H,23,25). The molecule has 0 saturated heterocycles. The van der Waals surface area contributed by atoms with E-state index in [9.17, 15) is 4.79 Å². The molecule has 4 nitrogen and oxygen atoms in total. The largest absolute Gasteiger partial charge is 0.359 e. The fourth-order valence-electron chi connectivity index (χ4n) is 2.57. The van der Waals surface area contributed by atoms with Gasteiger partial charge in [-0.15, -0.1) is 11.8 Å². The van der Waals surface area contributed by atoms with Crippen LogP contribution >= 0.6 is 11.8 Å². The third-order valence-corrected chi connectivity index (χ3v) is 4.78. The molecular weight excluding hydrogens is 342 g/mol. The molecule has 0 spiro atoms. The van der Waals surface area contributed by atoms with E-state index in [1.165, 1.54) is 11.8 Å². The molecule has 0 bridgehead atoms. The van der Waals surface area contributed by atoms with E-state index in [0.29, 0.717) is 5.75 Å². The number of aromatic nitrogens is 1. The zero-order valence-corrected chi connectivity index (χ0v) is 16.2. The highest BCUT2D eigenvalue weighted by Crippen LogP contribution is 2.23. The van der Waals surface area contributed by atoms with E-state index in [1.54, 1.807) is 6.20 Å². The van der Waals surface area contributed by atoms with Crippen molar-refractivity contribution in [2.75, 3.05) is 17.6 Å². The Hall–Kier alpha value is -2.27. The average molecular weight is 370 g/mol. The summed E-state index contributed by atoms with van der Waals surface area (Å²) < 4.78 is 0. The number of fused-ring (bicyclic) bond motifs is 1. The predicted molar refractivity (Wildman–Crippen MR) is 113 cm³/mol. The summed E-state index contributed by atoms with van der Waals surface area (Å²) in [6, 6.07) is 10.1. The van der Waals surface area contributed by atoms with Gasteiger partial charge in [-0.3, -0.25) is 9.78 Å². The van der Waals surface area contributed by atoms with Crippen LogP contribution in [-0.4, -0.2) is 23.2 Å². The number of carbonyl (C=O) groups is 1. The van der Waals surface area contributed by atoms with Gasteiger partial charge in [0.25, 0.3) is 0 Å². The summed E-state index contributed by atoms with van der Waals surface area (Å²) in [7, 11) is 0. The fourth-order valence-corrected chi connectivity index (χ4v) is 3.05. The van der Waals surface area contributed by atoms with Gasteiger partial charge in [0.2, 0.25) is 5.91 Å². The van der Waals surface area contributed by atoms with Crippen LogP contribution in [0, 0.1) is 0 Å². The Morgan fingerprint density at radius 1 is 1.15 bits per heavy atom. The summed E-state index contributed by atoms with van der Waals surface area (Å²) in [6.07, 6.45) is 5.80. The van der Waals surface area contributed by atoms with E-state index in [1.807, 2.05) is 31.2 Å². The van der Waals surface area contributed by atoms with Crippen molar-refractivity contribution in [1.82, 2.24) is 10.3 Å². The van der Waals surface area contributed by atoms with Crippen molar-refractivity contribution in [2.45, 2.75) is 32.6 Å². The van der Waals surface area contributed by atoms with Gasteiger partial charge in [-0.2, -0.15) is 0 Å². The lowest BCUT2D eigenvalue weighted by Crippen LogP contribution is -2.26. The highest BCUT2D eigenvalue weighted by atomic mass is 32.2. The predicted octanol–water partition coefficient (Wildman–Crippen LogP) is 5.10. The number of benzene rings is 1. The highest BCUT2D eigenvalue weighted by Gasteiger charge is 2.03. The summed E-state index contributed by atoms with van der Waals surface area (Å²) >= 11 is 1.48. The normalized spacial score (nSPS) is 10.5. The lowest BCUT2D eigenvalue weighted by atomic mass is 10.1. The van der Waals surface area contributed by atoms with Gasteiger partial charge in [-0.25, -0.2) is 0 Å². The van der Waals surface area contributed by atoms with Crippen molar-refractivity contribution in [2.24, 2.45) is 0 Å². The Morgan fingerprint density at radius 3 is 2.81 bits per heavy atom. The second kappa shape index (κ2) is 10.7. The molecule has 1 aromatic carbocycles. The Labute approximate surface area is 160 Å². The van der Waals surface area contributed by atoms with E-state index < -0.39 is 0 Å². The van der Waals surface area contributed by atoms with Gasteiger partial charge in [0, 0.05) is 29.5 Å². The molecule has 0 aliphatic heterocycles. The minimum atomic E-state index is 0.0774. The van der Waals surface area contributed by atoms with Gasteiger partial charge in [0.1, 0.15) is 0 Å². The molecule has 1 heterocycles. The summed E-state index contributed by atoms with van der Waals surface area (Å²) in [5.41, 5.74) is 3.02. The van der Waals surface area contributed by atoms with Crippen molar-refractivity contribution in [3.05, 3.63) is 60.3 Å². The fraction of sp³-hybridized carbons (Fsp3) is 0.333. The minimum absolute atomic E-state index is 0.0774. The molecular formula is C21H27N3OS. The summed E-state index contributed by atoms with van der Waals surface area (Å²) in [4.78, 5) is 16.9. The second-order valence-electron chi connectivity index (χ2n) is 6.26. The number of anilines is 1.